The summed E-state index contributed by atoms with van der Waals surface area (Å²) in [6.07, 6.45) is 0. The van der Waals surface area contributed by atoms with Crippen molar-refractivity contribution in [3.05, 3.63) is 170 Å². The van der Waals surface area contributed by atoms with Crippen molar-refractivity contribution >= 4 is 85.8 Å². The lowest BCUT2D eigenvalue weighted by molar-refractivity contribution is 0.672. The highest BCUT2D eigenvalue weighted by atomic mass is 32.1. The largest absolute Gasteiger partial charge is 0.455 e. The van der Waals surface area contributed by atoms with Gasteiger partial charge in [0.1, 0.15) is 11.2 Å². The minimum Gasteiger partial charge on any atom is -0.455 e. The molecular weight excluding hydrogens is 625 g/mol. The molecule has 0 atom stereocenters. The Hall–Kier alpha value is -6.22. The molecule has 2 heterocycles. The number of furan rings is 1. The van der Waals surface area contributed by atoms with Gasteiger partial charge in [-0.1, -0.05) is 146 Å². The van der Waals surface area contributed by atoms with Crippen LogP contribution in [0, 0.1) is 0 Å². The molecule has 0 fully saturated rings. The Bertz CT molecular complexity index is 3090. The summed E-state index contributed by atoms with van der Waals surface area (Å²) in [5.74, 6) is 0. The SMILES string of the molecule is c1ccc(-c2c3ccccc3c(-c3ccc4c(c3)sc3cc(-c5cccc6c5ccc5c7ccccc7oc65)ccc34)c3ccccc23)cc1. The Morgan fingerprint density at radius 2 is 0.820 bits per heavy atom. The van der Waals surface area contributed by atoms with E-state index < -0.39 is 0 Å². The van der Waals surface area contributed by atoms with Gasteiger partial charge in [0.05, 0.1) is 0 Å². The molecule has 232 valence electrons. The molecule has 0 radical (unpaired) electrons. The zero-order valence-electron chi connectivity index (χ0n) is 27.0. The highest BCUT2D eigenvalue weighted by molar-refractivity contribution is 7.25. The molecule has 0 bridgehead atoms. The Morgan fingerprint density at radius 3 is 1.52 bits per heavy atom. The first-order chi connectivity index (χ1) is 24.8. The molecule has 0 aliphatic heterocycles. The third kappa shape index (κ3) is 4.00. The molecule has 0 aliphatic rings. The van der Waals surface area contributed by atoms with Gasteiger partial charge >= 0.3 is 0 Å². The summed E-state index contributed by atoms with van der Waals surface area (Å²) in [6.45, 7) is 0. The van der Waals surface area contributed by atoms with Crippen molar-refractivity contribution in [1.29, 1.82) is 0 Å². The smallest absolute Gasteiger partial charge is 0.143 e. The van der Waals surface area contributed by atoms with E-state index >= 15 is 0 Å². The summed E-state index contributed by atoms with van der Waals surface area (Å²) in [7, 11) is 0. The lowest BCUT2D eigenvalue weighted by atomic mass is 9.86. The van der Waals surface area contributed by atoms with Crippen molar-refractivity contribution in [1.82, 2.24) is 0 Å². The number of hydrogen-bond acceptors (Lipinski definition) is 2. The van der Waals surface area contributed by atoms with Crippen molar-refractivity contribution in [2.24, 2.45) is 0 Å². The monoisotopic (exact) mass is 652 g/mol. The second kappa shape index (κ2) is 10.6. The van der Waals surface area contributed by atoms with E-state index in [2.05, 4.69) is 164 Å². The third-order valence-electron chi connectivity index (χ3n) is 10.5. The number of rotatable bonds is 3. The molecule has 0 saturated carbocycles. The second-order valence-electron chi connectivity index (χ2n) is 13.2. The van der Waals surface area contributed by atoms with Crippen LogP contribution in [0.2, 0.25) is 0 Å². The molecule has 1 nitrogen and oxygen atoms in total. The predicted molar refractivity (Wildman–Crippen MR) is 215 cm³/mol. The van der Waals surface area contributed by atoms with Crippen molar-refractivity contribution in [2.75, 3.05) is 0 Å². The van der Waals surface area contributed by atoms with Crippen LogP contribution in [0.1, 0.15) is 0 Å². The molecule has 2 aromatic heterocycles. The van der Waals surface area contributed by atoms with Gasteiger partial charge in [0.15, 0.2) is 0 Å². The Morgan fingerprint density at radius 1 is 0.320 bits per heavy atom. The fraction of sp³-hybridized carbons (Fsp3) is 0. The quantitative estimate of drug-likeness (QED) is 0.173. The maximum atomic E-state index is 6.40. The zero-order valence-corrected chi connectivity index (χ0v) is 27.8. The molecule has 0 aliphatic carbocycles. The van der Waals surface area contributed by atoms with Gasteiger partial charge in [0, 0.05) is 36.3 Å². The van der Waals surface area contributed by atoms with E-state index in [0.29, 0.717) is 0 Å². The van der Waals surface area contributed by atoms with Gasteiger partial charge in [-0.3, -0.25) is 0 Å². The molecule has 0 saturated heterocycles. The van der Waals surface area contributed by atoms with Crippen LogP contribution in [0.3, 0.4) is 0 Å². The van der Waals surface area contributed by atoms with Crippen molar-refractivity contribution < 1.29 is 4.42 Å². The van der Waals surface area contributed by atoms with E-state index in [0.717, 1.165) is 27.3 Å². The highest BCUT2D eigenvalue weighted by Gasteiger charge is 2.18. The summed E-state index contributed by atoms with van der Waals surface area (Å²) in [5.41, 5.74) is 9.42. The summed E-state index contributed by atoms with van der Waals surface area (Å²) in [4.78, 5) is 0. The van der Waals surface area contributed by atoms with E-state index in [-0.39, 0.29) is 0 Å². The van der Waals surface area contributed by atoms with E-state index in [1.807, 2.05) is 17.4 Å². The zero-order chi connectivity index (χ0) is 32.8. The first kappa shape index (κ1) is 27.7. The summed E-state index contributed by atoms with van der Waals surface area (Å²) >= 11 is 1.88. The van der Waals surface area contributed by atoms with Crippen LogP contribution >= 0.6 is 11.3 Å². The van der Waals surface area contributed by atoms with E-state index in [4.69, 9.17) is 4.42 Å². The standard InChI is InChI=1S/C48H28OS/c1-2-11-29(12-3-1)46-37-14-4-6-16-39(37)47(40-17-7-5-15-38(40)46)31-22-24-36-35-23-21-30(27-44(35)50-45(36)28-31)32-18-10-19-41-33(32)25-26-42-34-13-8-9-20-43(34)49-48(41)42/h1-28H. The molecule has 9 aromatic carbocycles. The van der Waals surface area contributed by atoms with Gasteiger partial charge in [0.25, 0.3) is 0 Å². The van der Waals surface area contributed by atoms with Gasteiger partial charge in [-0.2, -0.15) is 0 Å². The van der Waals surface area contributed by atoms with Crippen molar-refractivity contribution in [2.45, 2.75) is 0 Å². The highest BCUT2D eigenvalue weighted by Crippen LogP contribution is 2.46. The van der Waals surface area contributed by atoms with Crippen LogP contribution in [0.5, 0.6) is 0 Å². The molecule has 0 spiro atoms. The van der Waals surface area contributed by atoms with Crippen LogP contribution in [0.15, 0.2) is 174 Å². The van der Waals surface area contributed by atoms with Gasteiger partial charge < -0.3 is 4.42 Å². The first-order valence-electron chi connectivity index (χ1n) is 17.1. The Balaban J connectivity index is 1.09. The maximum absolute atomic E-state index is 6.40. The number of thiophene rings is 1. The molecule has 11 aromatic rings. The topological polar surface area (TPSA) is 13.1 Å². The first-order valence-corrected chi connectivity index (χ1v) is 17.9. The Kier molecular flexibility index (Phi) is 5.89. The number of benzene rings is 9. The minimum atomic E-state index is 0.930. The van der Waals surface area contributed by atoms with Crippen LogP contribution < -0.4 is 0 Å². The molecule has 0 unspecified atom stereocenters. The van der Waals surface area contributed by atoms with Gasteiger partial charge in [-0.05, 0) is 84.6 Å². The van der Waals surface area contributed by atoms with Gasteiger partial charge in [-0.25, -0.2) is 0 Å². The molecule has 0 amide bonds. The minimum absolute atomic E-state index is 0.930. The predicted octanol–water partition coefficient (Wildman–Crippen LogP) is 14.4. The third-order valence-corrected chi connectivity index (χ3v) is 11.6. The van der Waals surface area contributed by atoms with Crippen LogP contribution in [0.25, 0.3) is 108 Å². The number of hydrogen-bond donors (Lipinski definition) is 0. The summed E-state index contributed by atoms with van der Waals surface area (Å²) in [6, 6.07) is 62.0. The van der Waals surface area contributed by atoms with Gasteiger partial charge in [-0.15, -0.1) is 11.3 Å². The molecule has 50 heavy (non-hydrogen) atoms. The lowest BCUT2D eigenvalue weighted by Crippen LogP contribution is -1.90. The lowest BCUT2D eigenvalue weighted by Gasteiger charge is -2.17. The summed E-state index contributed by atoms with van der Waals surface area (Å²) < 4.78 is 9.00. The molecule has 11 rings (SSSR count). The Labute approximate surface area is 292 Å². The number of fused-ring (bicyclic) bond motifs is 10. The molecular formula is C48H28OS. The molecule has 2 heteroatoms. The number of para-hydroxylation sites is 1. The fourth-order valence-corrected chi connectivity index (χ4v) is 9.43. The van der Waals surface area contributed by atoms with Crippen molar-refractivity contribution in [3.63, 3.8) is 0 Å². The van der Waals surface area contributed by atoms with E-state index in [1.165, 1.54) is 80.5 Å². The second-order valence-corrected chi connectivity index (χ2v) is 14.3. The van der Waals surface area contributed by atoms with Gasteiger partial charge in [0.2, 0.25) is 0 Å². The molecule has 0 N–H and O–H groups in total. The van der Waals surface area contributed by atoms with Crippen LogP contribution in [0.4, 0.5) is 0 Å². The normalized spacial score (nSPS) is 12.0. The summed E-state index contributed by atoms with van der Waals surface area (Å²) in [5, 5.41) is 12.4. The average molecular weight is 653 g/mol. The maximum Gasteiger partial charge on any atom is 0.143 e. The fourth-order valence-electron chi connectivity index (χ4n) is 8.25. The van der Waals surface area contributed by atoms with E-state index in [1.54, 1.807) is 0 Å². The van der Waals surface area contributed by atoms with Crippen LogP contribution in [-0.2, 0) is 0 Å². The van der Waals surface area contributed by atoms with E-state index in [9.17, 15) is 0 Å². The van der Waals surface area contributed by atoms with Crippen LogP contribution in [-0.4, -0.2) is 0 Å². The average Bonchev–Trinajstić information content (AvgIpc) is 3.75. The van der Waals surface area contributed by atoms with Crippen molar-refractivity contribution in [3.8, 4) is 33.4 Å².